The van der Waals surface area contributed by atoms with Crippen molar-refractivity contribution in [3.63, 3.8) is 0 Å². The van der Waals surface area contributed by atoms with Crippen LogP contribution in [-0.4, -0.2) is 49.8 Å². The molecule has 0 radical (unpaired) electrons. The van der Waals surface area contributed by atoms with Gasteiger partial charge in [-0.3, -0.25) is 4.57 Å². The van der Waals surface area contributed by atoms with Gasteiger partial charge in [0.1, 0.15) is 24.1 Å². The minimum Gasteiger partial charge on any atom is -0.394 e. The van der Waals surface area contributed by atoms with Crippen molar-refractivity contribution in [2.45, 2.75) is 44.3 Å². The second kappa shape index (κ2) is 5.88. The van der Waals surface area contributed by atoms with Gasteiger partial charge >= 0.3 is 5.69 Å². The fourth-order valence-corrected chi connectivity index (χ4v) is 2.28. The molecular formula is C12H19N3O5. The molecule has 0 unspecified atom stereocenters. The molecule has 0 aliphatic carbocycles. The molecule has 0 saturated carbocycles. The summed E-state index contributed by atoms with van der Waals surface area (Å²) in [6.07, 6.45) is -1.66. The highest BCUT2D eigenvalue weighted by atomic mass is 16.6. The molecule has 4 atom stereocenters. The van der Waals surface area contributed by atoms with E-state index in [-0.39, 0.29) is 5.82 Å². The Labute approximate surface area is 115 Å². The average molecular weight is 285 g/mol. The Morgan fingerprint density at radius 3 is 2.70 bits per heavy atom. The number of aryl methyl sites for hydroxylation is 1. The van der Waals surface area contributed by atoms with E-state index in [9.17, 15) is 15.0 Å². The number of ether oxygens (including phenoxy) is 1. The van der Waals surface area contributed by atoms with Gasteiger partial charge in [-0.15, -0.1) is 0 Å². The SMILES string of the molecule is CCCc1cn([C@@H]2O[C@H](CO)[C@@H](O)[C@H]2O)c(=O)nc1N. The summed E-state index contributed by atoms with van der Waals surface area (Å²) < 4.78 is 6.41. The highest BCUT2D eigenvalue weighted by Gasteiger charge is 2.43. The van der Waals surface area contributed by atoms with Gasteiger partial charge in [-0.05, 0) is 6.42 Å². The Morgan fingerprint density at radius 2 is 2.15 bits per heavy atom. The number of aromatic nitrogens is 2. The number of rotatable bonds is 4. The third kappa shape index (κ3) is 2.55. The number of nitrogen functional groups attached to an aromatic ring is 1. The van der Waals surface area contributed by atoms with Crippen LogP contribution in [0, 0.1) is 0 Å². The van der Waals surface area contributed by atoms with Crippen molar-refractivity contribution >= 4 is 5.82 Å². The molecule has 20 heavy (non-hydrogen) atoms. The Bertz CT molecular complexity index is 532. The van der Waals surface area contributed by atoms with Crippen molar-refractivity contribution in [2.24, 2.45) is 0 Å². The van der Waals surface area contributed by atoms with E-state index in [0.29, 0.717) is 12.0 Å². The van der Waals surface area contributed by atoms with Crippen LogP contribution in [0.5, 0.6) is 0 Å². The highest BCUT2D eigenvalue weighted by Crippen LogP contribution is 2.28. The molecule has 1 aliphatic heterocycles. The number of anilines is 1. The van der Waals surface area contributed by atoms with Crippen molar-refractivity contribution in [3.05, 3.63) is 22.2 Å². The van der Waals surface area contributed by atoms with Crippen LogP contribution in [0.1, 0.15) is 25.1 Å². The number of nitrogens with two attached hydrogens (primary N) is 1. The van der Waals surface area contributed by atoms with E-state index in [0.717, 1.165) is 11.0 Å². The van der Waals surface area contributed by atoms with E-state index in [2.05, 4.69) is 4.98 Å². The summed E-state index contributed by atoms with van der Waals surface area (Å²) in [5.41, 5.74) is 5.68. The van der Waals surface area contributed by atoms with Crippen molar-refractivity contribution in [1.29, 1.82) is 0 Å². The fourth-order valence-electron chi connectivity index (χ4n) is 2.28. The van der Waals surface area contributed by atoms with Gasteiger partial charge in [-0.25, -0.2) is 4.79 Å². The average Bonchev–Trinajstić information content (AvgIpc) is 2.70. The normalized spacial score (nSPS) is 29.8. The van der Waals surface area contributed by atoms with Gasteiger partial charge in [0.2, 0.25) is 0 Å². The van der Waals surface area contributed by atoms with Crippen LogP contribution in [0.4, 0.5) is 5.82 Å². The lowest BCUT2D eigenvalue weighted by Gasteiger charge is -2.18. The summed E-state index contributed by atoms with van der Waals surface area (Å²) in [4.78, 5) is 15.6. The maximum Gasteiger partial charge on any atom is 0.351 e. The molecule has 8 nitrogen and oxygen atoms in total. The number of nitrogens with zero attached hydrogens (tertiary/aromatic N) is 2. The number of hydrogen-bond donors (Lipinski definition) is 4. The standard InChI is InChI=1S/C12H19N3O5/c1-2-3-6-4-15(12(19)14-10(6)13)11-9(18)8(17)7(5-16)20-11/h4,7-9,11,16-18H,2-3,5H2,1H3,(H2,13,14,19)/t7-,8-,9-,11-/m1/s1. The molecule has 8 heteroatoms. The monoisotopic (exact) mass is 285 g/mol. The zero-order valence-corrected chi connectivity index (χ0v) is 11.1. The molecule has 2 rings (SSSR count). The third-order valence-corrected chi connectivity index (χ3v) is 3.37. The first kappa shape index (κ1) is 14.9. The molecule has 112 valence electrons. The van der Waals surface area contributed by atoms with Gasteiger partial charge < -0.3 is 25.8 Å². The lowest BCUT2D eigenvalue weighted by molar-refractivity contribution is -0.0550. The maximum atomic E-state index is 11.9. The first-order valence-electron chi connectivity index (χ1n) is 6.49. The minimum atomic E-state index is -1.32. The number of hydrogen-bond acceptors (Lipinski definition) is 7. The molecule has 1 fully saturated rings. The Balaban J connectivity index is 2.38. The van der Waals surface area contributed by atoms with Gasteiger partial charge in [0, 0.05) is 11.8 Å². The molecule has 1 saturated heterocycles. The Hall–Kier alpha value is -1.48. The van der Waals surface area contributed by atoms with Gasteiger partial charge in [0.25, 0.3) is 0 Å². The van der Waals surface area contributed by atoms with Crippen molar-refractivity contribution in [3.8, 4) is 0 Å². The van der Waals surface area contributed by atoms with Crippen LogP contribution in [0.15, 0.2) is 11.0 Å². The molecular weight excluding hydrogens is 266 g/mol. The van der Waals surface area contributed by atoms with Crippen molar-refractivity contribution in [2.75, 3.05) is 12.3 Å². The van der Waals surface area contributed by atoms with Crippen molar-refractivity contribution in [1.82, 2.24) is 9.55 Å². The highest BCUT2D eigenvalue weighted by molar-refractivity contribution is 5.36. The van der Waals surface area contributed by atoms with Gasteiger partial charge in [-0.1, -0.05) is 13.3 Å². The van der Waals surface area contributed by atoms with E-state index in [1.165, 1.54) is 6.20 Å². The summed E-state index contributed by atoms with van der Waals surface area (Å²) in [6.45, 7) is 1.51. The maximum absolute atomic E-state index is 11.9. The van der Waals surface area contributed by atoms with Gasteiger partial charge in [0.15, 0.2) is 6.23 Å². The third-order valence-electron chi connectivity index (χ3n) is 3.37. The van der Waals surface area contributed by atoms with Crippen LogP contribution < -0.4 is 11.4 Å². The predicted molar refractivity (Wildman–Crippen MR) is 69.9 cm³/mol. The van der Waals surface area contributed by atoms with Crippen LogP contribution >= 0.6 is 0 Å². The zero-order chi connectivity index (χ0) is 14.9. The van der Waals surface area contributed by atoms with E-state index in [4.69, 9.17) is 15.6 Å². The predicted octanol–water partition coefficient (Wildman–Crippen LogP) is -1.61. The first-order chi connectivity index (χ1) is 9.49. The van der Waals surface area contributed by atoms with E-state index >= 15 is 0 Å². The lowest BCUT2D eigenvalue weighted by Crippen LogP contribution is -2.36. The van der Waals surface area contributed by atoms with Crippen LogP contribution in [0.2, 0.25) is 0 Å². The molecule has 1 aliphatic rings. The Kier molecular flexibility index (Phi) is 4.39. The molecule has 2 heterocycles. The topological polar surface area (TPSA) is 131 Å². The summed E-state index contributed by atoms with van der Waals surface area (Å²) in [6, 6.07) is 0. The first-order valence-corrected chi connectivity index (χ1v) is 6.49. The number of aliphatic hydroxyl groups excluding tert-OH is 3. The smallest absolute Gasteiger partial charge is 0.351 e. The van der Waals surface area contributed by atoms with E-state index < -0.39 is 36.8 Å². The summed E-state index contributed by atoms with van der Waals surface area (Å²) in [5.74, 6) is 0.153. The molecule has 0 spiro atoms. The van der Waals surface area contributed by atoms with Gasteiger partial charge in [-0.2, -0.15) is 4.98 Å². The molecule has 0 amide bonds. The van der Waals surface area contributed by atoms with Crippen LogP contribution in [-0.2, 0) is 11.2 Å². The second-order valence-corrected chi connectivity index (χ2v) is 4.82. The largest absolute Gasteiger partial charge is 0.394 e. The van der Waals surface area contributed by atoms with E-state index in [1.54, 1.807) is 0 Å². The van der Waals surface area contributed by atoms with E-state index in [1.807, 2.05) is 6.92 Å². The summed E-state index contributed by atoms with van der Waals surface area (Å²) >= 11 is 0. The summed E-state index contributed by atoms with van der Waals surface area (Å²) in [5, 5.41) is 28.7. The van der Waals surface area contributed by atoms with Crippen LogP contribution in [0.3, 0.4) is 0 Å². The van der Waals surface area contributed by atoms with Crippen molar-refractivity contribution < 1.29 is 20.1 Å². The molecule has 0 aromatic carbocycles. The molecule has 1 aromatic heterocycles. The summed E-state index contributed by atoms with van der Waals surface area (Å²) in [7, 11) is 0. The quantitative estimate of drug-likeness (QED) is 0.523. The van der Waals surface area contributed by atoms with Crippen LogP contribution in [0.25, 0.3) is 0 Å². The Morgan fingerprint density at radius 1 is 1.45 bits per heavy atom. The minimum absolute atomic E-state index is 0.153. The zero-order valence-electron chi connectivity index (χ0n) is 11.1. The molecule has 0 bridgehead atoms. The fraction of sp³-hybridized carbons (Fsp3) is 0.667. The lowest BCUT2D eigenvalue weighted by atomic mass is 10.1. The molecule has 1 aromatic rings. The van der Waals surface area contributed by atoms with Gasteiger partial charge in [0.05, 0.1) is 6.61 Å². The second-order valence-electron chi connectivity index (χ2n) is 4.82. The molecule has 5 N–H and O–H groups in total. The number of aliphatic hydroxyl groups is 3.